The zero-order chi connectivity index (χ0) is 8.91. The van der Waals surface area contributed by atoms with Crippen LogP contribution >= 0.6 is 12.4 Å². The second kappa shape index (κ2) is 6.14. The van der Waals surface area contributed by atoms with E-state index in [-0.39, 0.29) is 18.8 Å². The molecule has 0 aliphatic heterocycles. The molecule has 0 spiro atoms. The Bertz CT molecular complexity index is 157. The van der Waals surface area contributed by atoms with E-state index in [2.05, 4.69) is 6.58 Å². The fraction of sp³-hybridized carbons (Fsp3) is 0.500. The fourth-order valence-corrected chi connectivity index (χ4v) is 0.677. The van der Waals surface area contributed by atoms with Crippen molar-refractivity contribution < 1.29 is 8.78 Å². The van der Waals surface area contributed by atoms with Gasteiger partial charge in [-0.2, -0.15) is 0 Å². The van der Waals surface area contributed by atoms with Crippen LogP contribution in [0.4, 0.5) is 8.78 Å². The summed E-state index contributed by atoms with van der Waals surface area (Å²) in [7, 11) is 0. The maximum Gasteiger partial charge on any atom is 0.269 e. The van der Waals surface area contributed by atoms with E-state index >= 15 is 0 Å². The minimum Gasteiger partial charge on any atom is -0.319 e. The molecular formula is C8H14ClF2N. The quantitative estimate of drug-likeness (QED) is 0.689. The molecular weight excluding hydrogens is 184 g/mol. The summed E-state index contributed by atoms with van der Waals surface area (Å²) in [5.74, 6) is -2.87. The van der Waals surface area contributed by atoms with Gasteiger partial charge in [0.05, 0.1) is 6.04 Å². The van der Waals surface area contributed by atoms with E-state index in [0.29, 0.717) is 0 Å². The van der Waals surface area contributed by atoms with E-state index in [1.807, 2.05) is 0 Å². The molecule has 0 amide bonds. The highest BCUT2D eigenvalue weighted by molar-refractivity contribution is 5.85. The van der Waals surface area contributed by atoms with Crippen LogP contribution in [-0.2, 0) is 0 Å². The first-order chi connectivity index (χ1) is 5.04. The Balaban J connectivity index is 0. The fourth-order valence-electron chi connectivity index (χ4n) is 0.677. The molecule has 0 heterocycles. The van der Waals surface area contributed by atoms with Crippen LogP contribution in [0.1, 0.15) is 13.3 Å². The van der Waals surface area contributed by atoms with Crippen molar-refractivity contribution >= 4 is 12.4 Å². The van der Waals surface area contributed by atoms with Gasteiger partial charge in [-0.15, -0.1) is 19.0 Å². The summed E-state index contributed by atoms with van der Waals surface area (Å²) < 4.78 is 25.5. The van der Waals surface area contributed by atoms with Crippen LogP contribution < -0.4 is 5.73 Å². The number of rotatable bonds is 4. The molecule has 0 aliphatic rings. The zero-order valence-corrected chi connectivity index (χ0v) is 7.78. The lowest BCUT2D eigenvalue weighted by atomic mass is 10.1. The molecule has 72 valence electrons. The third-order valence-electron chi connectivity index (χ3n) is 1.30. The number of alkyl halides is 2. The second-order valence-corrected chi connectivity index (χ2v) is 2.31. The van der Waals surface area contributed by atoms with Crippen molar-refractivity contribution in [2.45, 2.75) is 25.3 Å². The Morgan fingerprint density at radius 3 is 2.42 bits per heavy atom. The summed E-state index contributed by atoms with van der Waals surface area (Å²) in [6.07, 6.45) is 3.59. The van der Waals surface area contributed by atoms with Crippen LogP contribution in [-0.4, -0.2) is 12.0 Å². The van der Waals surface area contributed by atoms with E-state index in [1.54, 1.807) is 6.92 Å². The number of hydrogen-bond acceptors (Lipinski definition) is 1. The van der Waals surface area contributed by atoms with Crippen LogP contribution in [0.3, 0.4) is 0 Å². The summed E-state index contributed by atoms with van der Waals surface area (Å²) >= 11 is 0. The molecule has 0 aromatic carbocycles. The molecule has 0 radical (unpaired) electrons. The molecule has 0 aromatic heterocycles. The Hall–Kier alpha value is -0.410. The second-order valence-electron chi connectivity index (χ2n) is 2.31. The predicted molar refractivity (Wildman–Crippen MR) is 49.8 cm³/mol. The van der Waals surface area contributed by atoms with Gasteiger partial charge in [-0.05, 0) is 6.92 Å². The van der Waals surface area contributed by atoms with E-state index in [9.17, 15) is 8.78 Å². The van der Waals surface area contributed by atoms with Crippen molar-refractivity contribution in [3.05, 3.63) is 24.8 Å². The first-order valence-corrected chi connectivity index (χ1v) is 3.41. The minimum absolute atomic E-state index is 0. The van der Waals surface area contributed by atoms with Crippen molar-refractivity contribution in [3.63, 3.8) is 0 Å². The summed E-state index contributed by atoms with van der Waals surface area (Å²) in [4.78, 5) is 0. The molecule has 0 aromatic rings. The Morgan fingerprint density at radius 1 is 1.58 bits per heavy atom. The average molecular weight is 198 g/mol. The van der Waals surface area contributed by atoms with Crippen LogP contribution in [0.15, 0.2) is 24.8 Å². The highest BCUT2D eigenvalue weighted by atomic mass is 35.5. The normalized spacial score (nSPS) is 14.0. The Morgan fingerprint density at radius 2 is 2.08 bits per heavy atom. The van der Waals surface area contributed by atoms with Gasteiger partial charge in [-0.1, -0.05) is 18.2 Å². The van der Waals surface area contributed by atoms with Gasteiger partial charge in [0.25, 0.3) is 5.92 Å². The van der Waals surface area contributed by atoms with Gasteiger partial charge in [-0.3, -0.25) is 0 Å². The van der Waals surface area contributed by atoms with Gasteiger partial charge in [0, 0.05) is 6.42 Å². The van der Waals surface area contributed by atoms with Crippen molar-refractivity contribution in [2.75, 3.05) is 0 Å². The average Bonchev–Trinajstić information content (AvgIpc) is 1.88. The van der Waals surface area contributed by atoms with Crippen LogP contribution in [0.25, 0.3) is 0 Å². The summed E-state index contributed by atoms with van der Waals surface area (Å²) in [6.45, 7) is 4.89. The molecule has 0 rings (SSSR count). The monoisotopic (exact) mass is 197 g/mol. The number of hydrogen-bond donors (Lipinski definition) is 1. The van der Waals surface area contributed by atoms with E-state index in [4.69, 9.17) is 5.73 Å². The van der Waals surface area contributed by atoms with Crippen LogP contribution in [0.5, 0.6) is 0 Å². The largest absolute Gasteiger partial charge is 0.319 e. The van der Waals surface area contributed by atoms with Crippen molar-refractivity contribution in [3.8, 4) is 0 Å². The van der Waals surface area contributed by atoms with Crippen LogP contribution in [0, 0.1) is 0 Å². The first-order valence-electron chi connectivity index (χ1n) is 3.41. The van der Waals surface area contributed by atoms with Crippen LogP contribution in [0.2, 0.25) is 0 Å². The third-order valence-corrected chi connectivity index (χ3v) is 1.30. The zero-order valence-electron chi connectivity index (χ0n) is 6.97. The summed E-state index contributed by atoms with van der Waals surface area (Å²) in [5.41, 5.74) is 5.16. The molecule has 12 heavy (non-hydrogen) atoms. The summed E-state index contributed by atoms with van der Waals surface area (Å²) in [6, 6.07) is -1.20. The highest BCUT2D eigenvalue weighted by Crippen LogP contribution is 2.22. The number of nitrogens with two attached hydrogens (primary N) is 1. The number of allylic oxidation sites excluding steroid dienone is 2. The Labute approximate surface area is 77.7 Å². The maximum atomic E-state index is 12.8. The molecule has 1 nitrogen and oxygen atoms in total. The van der Waals surface area contributed by atoms with Crippen molar-refractivity contribution in [2.24, 2.45) is 5.73 Å². The van der Waals surface area contributed by atoms with Crippen molar-refractivity contribution in [1.29, 1.82) is 0 Å². The smallest absolute Gasteiger partial charge is 0.269 e. The molecule has 0 aliphatic carbocycles. The van der Waals surface area contributed by atoms with Gasteiger partial charge < -0.3 is 5.73 Å². The van der Waals surface area contributed by atoms with E-state index in [1.165, 1.54) is 18.2 Å². The molecule has 0 saturated carbocycles. The lowest BCUT2D eigenvalue weighted by molar-refractivity contribution is -0.00795. The highest BCUT2D eigenvalue weighted by Gasteiger charge is 2.33. The molecule has 0 fully saturated rings. The minimum atomic E-state index is -2.87. The van der Waals surface area contributed by atoms with E-state index < -0.39 is 12.0 Å². The molecule has 1 unspecified atom stereocenters. The molecule has 1 atom stereocenters. The SMILES string of the molecule is C=CCC(F)(F)C(N)/C=C/C.Cl. The first kappa shape index (κ1) is 14.1. The lowest BCUT2D eigenvalue weighted by Gasteiger charge is -2.18. The molecule has 0 bridgehead atoms. The van der Waals surface area contributed by atoms with Gasteiger partial charge in [0.2, 0.25) is 0 Å². The van der Waals surface area contributed by atoms with Gasteiger partial charge in [-0.25, -0.2) is 8.78 Å². The Kier molecular flexibility index (Phi) is 7.24. The van der Waals surface area contributed by atoms with E-state index in [0.717, 1.165) is 0 Å². The third kappa shape index (κ3) is 4.46. The van der Waals surface area contributed by atoms with Gasteiger partial charge >= 0.3 is 0 Å². The van der Waals surface area contributed by atoms with Gasteiger partial charge in [0.15, 0.2) is 0 Å². The number of halogens is 3. The molecule has 0 saturated heterocycles. The molecule has 4 heteroatoms. The molecule has 2 N–H and O–H groups in total. The summed E-state index contributed by atoms with van der Waals surface area (Å²) in [5, 5.41) is 0. The topological polar surface area (TPSA) is 26.0 Å². The predicted octanol–water partition coefficient (Wildman–Crippen LogP) is 2.52. The van der Waals surface area contributed by atoms with Crippen molar-refractivity contribution in [1.82, 2.24) is 0 Å². The standard InChI is InChI=1S/C8H13F2N.ClH/c1-3-5-7(11)8(9,10)6-4-2;/h3-5,7H,2,6,11H2,1H3;1H/b5-3+;. The lowest BCUT2D eigenvalue weighted by Crippen LogP contribution is -2.38. The maximum absolute atomic E-state index is 12.8. The van der Waals surface area contributed by atoms with Gasteiger partial charge in [0.1, 0.15) is 0 Å².